The first-order valence-corrected chi connectivity index (χ1v) is 8.79. The van der Waals surface area contributed by atoms with Crippen LogP contribution in [0.5, 0.6) is 0 Å². The first-order valence-electron chi connectivity index (χ1n) is 8.79. The predicted octanol–water partition coefficient (Wildman–Crippen LogP) is 1.93. The van der Waals surface area contributed by atoms with Gasteiger partial charge in [0.25, 0.3) is 5.91 Å². The highest BCUT2D eigenvalue weighted by Crippen LogP contribution is 2.23. The van der Waals surface area contributed by atoms with Crippen LogP contribution in [-0.4, -0.2) is 32.8 Å². The van der Waals surface area contributed by atoms with Gasteiger partial charge in [-0.15, -0.1) is 0 Å². The van der Waals surface area contributed by atoms with Crippen molar-refractivity contribution in [3.63, 3.8) is 0 Å². The Kier molecular flexibility index (Phi) is 5.53. The number of primary amides is 2. The van der Waals surface area contributed by atoms with Crippen LogP contribution < -0.4 is 22.1 Å². The van der Waals surface area contributed by atoms with Gasteiger partial charge in [0.1, 0.15) is 11.6 Å². The fourth-order valence-electron chi connectivity index (χ4n) is 2.64. The molecule has 9 nitrogen and oxygen atoms in total. The van der Waals surface area contributed by atoms with E-state index in [4.69, 9.17) is 11.5 Å². The first-order chi connectivity index (χ1) is 13.7. The van der Waals surface area contributed by atoms with E-state index < -0.39 is 23.5 Å². The zero-order chi connectivity index (χ0) is 21.1. The monoisotopic (exact) mass is 397 g/mol. The van der Waals surface area contributed by atoms with Crippen molar-refractivity contribution in [3.05, 3.63) is 48.2 Å². The molecule has 2 amide bonds. The van der Waals surface area contributed by atoms with Crippen LogP contribution in [-0.2, 0) is 4.79 Å². The number of carbonyl (C=O) groups excluding carboxylic acids is 2. The molecule has 29 heavy (non-hydrogen) atoms. The quantitative estimate of drug-likeness (QED) is 0.476. The van der Waals surface area contributed by atoms with Gasteiger partial charge in [0.05, 0.1) is 29.5 Å². The maximum Gasteiger partial charge on any atom is 0.271 e. The van der Waals surface area contributed by atoms with E-state index in [1.165, 1.54) is 24.5 Å². The molecule has 0 spiro atoms. The topological polar surface area (TPSA) is 149 Å². The van der Waals surface area contributed by atoms with Gasteiger partial charge in [0.15, 0.2) is 11.5 Å². The number of nitrogens with zero attached hydrogens (tertiary/aromatic N) is 3. The number of nitrogens with one attached hydrogen (secondary N) is 2. The molecule has 0 saturated heterocycles. The third-order valence-corrected chi connectivity index (χ3v) is 4.49. The average Bonchev–Trinajstić information content (AvgIpc) is 2.66. The molecule has 0 radical (unpaired) electrons. The van der Waals surface area contributed by atoms with E-state index in [1.807, 2.05) is 0 Å². The minimum absolute atomic E-state index is 0.0782. The summed E-state index contributed by atoms with van der Waals surface area (Å²) < 4.78 is 13.5. The SMILES string of the molecule is CC(Nc1cnc(C(N)=O)c(Nc2cnc3ccc(F)cc3c2)n1)C(C)C(N)=O. The highest BCUT2D eigenvalue weighted by atomic mass is 19.1. The molecule has 3 aromatic rings. The maximum atomic E-state index is 13.5. The van der Waals surface area contributed by atoms with E-state index in [-0.39, 0.29) is 17.6 Å². The summed E-state index contributed by atoms with van der Waals surface area (Å²) in [5.74, 6) is -1.66. The highest BCUT2D eigenvalue weighted by Gasteiger charge is 2.19. The van der Waals surface area contributed by atoms with Crippen LogP contribution in [0, 0.1) is 11.7 Å². The number of amides is 2. The zero-order valence-electron chi connectivity index (χ0n) is 15.8. The van der Waals surface area contributed by atoms with Gasteiger partial charge in [-0.2, -0.15) is 0 Å². The Bertz CT molecular complexity index is 1090. The van der Waals surface area contributed by atoms with E-state index in [2.05, 4.69) is 25.6 Å². The Morgan fingerprint density at radius 1 is 1.10 bits per heavy atom. The van der Waals surface area contributed by atoms with Crippen molar-refractivity contribution in [3.8, 4) is 0 Å². The van der Waals surface area contributed by atoms with Gasteiger partial charge < -0.3 is 22.1 Å². The number of rotatable bonds is 7. The summed E-state index contributed by atoms with van der Waals surface area (Å²) in [5, 5.41) is 6.53. The molecule has 0 bridgehead atoms. The molecular formula is C19H20FN7O2. The van der Waals surface area contributed by atoms with Gasteiger partial charge in [-0.05, 0) is 31.2 Å². The maximum absolute atomic E-state index is 13.5. The van der Waals surface area contributed by atoms with Gasteiger partial charge in [-0.25, -0.2) is 14.4 Å². The average molecular weight is 397 g/mol. The van der Waals surface area contributed by atoms with E-state index in [9.17, 15) is 14.0 Å². The largest absolute Gasteiger partial charge is 0.369 e. The number of carbonyl (C=O) groups is 2. The minimum Gasteiger partial charge on any atom is -0.369 e. The lowest BCUT2D eigenvalue weighted by atomic mass is 10.0. The normalized spacial score (nSPS) is 12.9. The van der Waals surface area contributed by atoms with Gasteiger partial charge >= 0.3 is 0 Å². The number of pyridine rings is 1. The Balaban J connectivity index is 1.92. The van der Waals surface area contributed by atoms with Gasteiger partial charge in [-0.3, -0.25) is 14.6 Å². The van der Waals surface area contributed by atoms with Crippen LogP contribution in [0.1, 0.15) is 24.3 Å². The number of benzene rings is 1. The molecule has 0 aliphatic heterocycles. The van der Waals surface area contributed by atoms with Crippen LogP contribution in [0.25, 0.3) is 10.9 Å². The van der Waals surface area contributed by atoms with Gasteiger partial charge in [0.2, 0.25) is 5.91 Å². The van der Waals surface area contributed by atoms with E-state index in [0.29, 0.717) is 22.4 Å². The van der Waals surface area contributed by atoms with Crippen molar-refractivity contribution in [2.45, 2.75) is 19.9 Å². The molecule has 3 rings (SSSR count). The standard InChI is InChI=1S/C19H20FN7O2/c1-9(17(21)28)10(2)25-15-8-24-16(18(22)29)19(27-15)26-13-6-11-5-12(20)3-4-14(11)23-7-13/h3-10H,1-2H3,(H2,21,28)(H2,22,29)(H2,25,26,27). The molecule has 6 N–H and O–H groups in total. The molecule has 2 aromatic heterocycles. The number of halogens is 1. The lowest BCUT2D eigenvalue weighted by molar-refractivity contribution is -0.121. The van der Waals surface area contributed by atoms with Crippen molar-refractivity contribution in [2.24, 2.45) is 17.4 Å². The van der Waals surface area contributed by atoms with Crippen LogP contribution in [0.4, 0.5) is 21.7 Å². The number of hydrogen-bond donors (Lipinski definition) is 4. The van der Waals surface area contributed by atoms with Crippen LogP contribution >= 0.6 is 0 Å². The third-order valence-electron chi connectivity index (χ3n) is 4.49. The number of aromatic nitrogens is 3. The minimum atomic E-state index is -0.773. The first kappa shape index (κ1) is 19.9. The second-order valence-electron chi connectivity index (χ2n) is 6.63. The zero-order valence-corrected chi connectivity index (χ0v) is 15.8. The third kappa shape index (κ3) is 4.54. The molecule has 2 atom stereocenters. The molecule has 0 saturated carbocycles. The Morgan fingerprint density at radius 2 is 1.86 bits per heavy atom. The second kappa shape index (κ2) is 8.05. The van der Waals surface area contributed by atoms with Crippen molar-refractivity contribution in [1.82, 2.24) is 15.0 Å². The van der Waals surface area contributed by atoms with Gasteiger partial charge in [-0.1, -0.05) is 6.92 Å². The van der Waals surface area contributed by atoms with E-state index >= 15 is 0 Å². The highest BCUT2D eigenvalue weighted by molar-refractivity contribution is 5.96. The lowest BCUT2D eigenvalue weighted by Gasteiger charge is -2.19. The molecule has 1 aromatic carbocycles. The summed E-state index contributed by atoms with van der Waals surface area (Å²) in [6, 6.07) is 5.58. The van der Waals surface area contributed by atoms with Crippen LogP contribution in [0.15, 0.2) is 36.7 Å². The molecular weight excluding hydrogens is 377 g/mol. The Morgan fingerprint density at radius 3 is 2.55 bits per heavy atom. The summed E-state index contributed by atoms with van der Waals surface area (Å²) in [6.07, 6.45) is 2.86. The summed E-state index contributed by atoms with van der Waals surface area (Å²) >= 11 is 0. The fourth-order valence-corrected chi connectivity index (χ4v) is 2.64. The van der Waals surface area contributed by atoms with Crippen molar-refractivity contribution < 1.29 is 14.0 Å². The lowest BCUT2D eigenvalue weighted by Crippen LogP contribution is -2.34. The molecule has 0 fully saturated rings. The van der Waals surface area contributed by atoms with Crippen LogP contribution in [0.3, 0.4) is 0 Å². The predicted molar refractivity (Wildman–Crippen MR) is 107 cm³/mol. The fraction of sp³-hybridized carbons (Fsp3) is 0.211. The Hall–Kier alpha value is -3.82. The molecule has 2 unspecified atom stereocenters. The van der Waals surface area contributed by atoms with Crippen molar-refractivity contribution in [2.75, 3.05) is 10.6 Å². The van der Waals surface area contributed by atoms with E-state index in [0.717, 1.165) is 0 Å². The van der Waals surface area contributed by atoms with E-state index in [1.54, 1.807) is 26.0 Å². The second-order valence-corrected chi connectivity index (χ2v) is 6.63. The molecule has 0 aliphatic carbocycles. The molecule has 10 heteroatoms. The van der Waals surface area contributed by atoms with Crippen molar-refractivity contribution in [1.29, 1.82) is 0 Å². The summed E-state index contributed by atoms with van der Waals surface area (Å²) in [4.78, 5) is 35.7. The van der Waals surface area contributed by atoms with Crippen LogP contribution in [0.2, 0.25) is 0 Å². The molecule has 2 heterocycles. The number of fused-ring (bicyclic) bond motifs is 1. The number of anilines is 3. The Labute approximate surface area is 165 Å². The summed E-state index contributed by atoms with van der Waals surface area (Å²) in [5.41, 5.74) is 11.7. The molecule has 150 valence electrons. The number of hydrogen-bond acceptors (Lipinski definition) is 7. The van der Waals surface area contributed by atoms with Crippen molar-refractivity contribution >= 4 is 40.0 Å². The number of nitrogens with two attached hydrogens (primary N) is 2. The summed E-state index contributed by atoms with van der Waals surface area (Å²) in [7, 11) is 0. The molecule has 0 aliphatic rings. The summed E-state index contributed by atoms with van der Waals surface area (Å²) in [6.45, 7) is 3.46. The van der Waals surface area contributed by atoms with Gasteiger partial charge in [0, 0.05) is 11.4 Å². The smallest absolute Gasteiger partial charge is 0.271 e.